The number of esters is 1. The summed E-state index contributed by atoms with van der Waals surface area (Å²) in [6, 6.07) is 4.18. The van der Waals surface area contributed by atoms with Crippen LogP contribution in [0.25, 0.3) is 0 Å². The maximum atomic E-state index is 11.9. The van der Waals surface area contributed by atoms with Crippen LogP contribution in [-0.2, 0) is 22.7 Å². The first kappa shape index (κ1) is 20.9. The van der Waals surface area contributed by atoms with E-state index in [0.29, 0.717) is 16.8 Å². The Kier molecular flexibility index (Phi) is 8.90. The van der Waals surface area contributed by atoms with Crippen molar-refractivity contribution in [3.63, 3.8) is 0 Å². The molecule has 1 aromatic rings. The number of ether oxygens (including phenoxy) is 1. The largest absolute Gasteiger partial charge is 0.467 e. The number of rotatable bonds is 5. The van der Waals surface area contributed by atoms with E-state index in [1.807, 2.05) is 13.8 Å². The number of amides is 2. The van der Waals surface area contributed by atoms with Crippen molar-refractivity contribution in [3.8, 4) is 0 Å². The number of aliphatic hydroxyl groups is 2. The van der Waals surface area contributed by atoms with Gasteiger partial charge in [0.05, 0.1) is 20.3 Å². The molecule has 1 aromatic carbocycles. The van der Waals surface area contributed by atoms with Crippen molar-refractivity contribution in [2.75, 3.05) is 12.4 Å². The minimum Gasteiger partial charge on any atom is -0.467 e. The normalized spacial score (nSPS) is 10.2. The van der Waals surface area contributed by atoms with Crippen molar-refractivity contribution in [2.24, 2.45) is 0 Å². The molecule has 0 radical (unpaired) electrons. The van der Waals surface area contributed by atoms with Gasteiger partial charge in [-0.2, -0.15) is 0 Å². The molecule has 0 aliphatic rings. The van der Waals surface area contributed by atoms with E-state index < -0.39 is 17.5 Å². The fourth-order valence-corrected chi connectivity index (χ4v) is 1.77. The summed E-state index contributed by atoms with van der Waals surface area (Å²) in [4.78, 5) is 23.4. The number of aliphatic hydroxyl groups excluding tert-OH is 2. The molecule has 4 N–H and O–H groups in total. The molecule has 2 amide bonds. The summed E-state index contributed by atoms with van der Waals surface area (Å²) in [7, 11) is 1.24. The second-order valence-corrected chi connectivity index (χ2v) is 5.05. The van der Waals surface area contributed by atoms with Gasteiger partial charge in [0.2, 0.25) is 0 Å². The SMILES string of the molecule is CC.COC(=O)C(C)(C)NC(=O)Nc1cc(CO)cc(CO)c1. The second kappa shape index (κ2) is 9.81. The van der Waals surface area contributed by atoms with E-state index in [1.165, 1.54) is 21.0 Å². The lowest BCUT2D eigenvalue weighted by atomic mass is 10.1. The number of hydrogen-bond acceptors (Lipinski definition) is 5. The lowest BCUT2D eigenvalue weighted by Crippen LogP contribution is -2.51. The van der Waals surface area contributed by atoms with E-state index in [0.717, 1.165) is 0 Å². The van der Waals surface area contributed by atoms with E-state index in [2.05, 4.69) is 15.4 Å². The monoisotopic (exact) mass is 326 g/mol. The van der Waals surface area contributed by atoms with Crippen molar-refractivity contribution >= 4 is 17.7 Å². The van der Waals surface area contributed by atoms with Gasteiger partial charge in [0, 0.05) is 5.69 Å². The lowest BCUT2D eigenvalue weighted by Gasteiger charge is -2.23. The average Bonchev–Trinajstić information content (AvgIpc) is 2.54. The van der Waals surface area contributed by atoms with Crippen LogP contribution in [0.2, 0.25) is 0 Å². The van der Waals surface area contributed by atoms with Crippen molar-refractivity contribution in [2.45, 2.75) is 46.4 Å². The van der Waals surface area contributed by atoms with Gasteiger partial charge in [0.1, 0.15) is 5.54 Å². The van der Waals surface area contributed by atoms with Crippen molar-refractivity contribution in [1.29, 1.82) is 0 Å². The maximum Gasteiger partial charge on any atom is 0.331 e. The maximum absolute atomic E-state index is 11.9. The van der Waals surface area contributed by atoms with E-state index >= 15 is 0 Å². The summed E-state index contributed by atoms with van der Waals surface area (Å²) in [5.74, 6) is -0.571. The highest BCUT2D eigenvalue weighted by Crippen LogP contribution is 2.16. The zero-order valence-corrected chi connectivity index (χ0v) is 14.3. The van der Waals surface area contributed by atoms with Crippen LogP contribution in [-0.4, -0.2) is 34.9 Å². The van der Waals surface area contributed by atoms with Crippen molar-refractivity contribution < 1.29 is 24.5 Å². The van der Waals surface area contributed by atoms with Gasteiger partial charge in [0.15, 0.2) is 0 Å². The van der Waals surface area contributed by atoms with Crippen molar-refractivity contribution in [1.82, 2.24) is 5.32 Å². The Bertz CT molecular complexity index is 507. The molecule has 130 valence electrons. The highest BCUT2D eigenvalue weighted by Gasteiger charge is 2.30. The number of benzene rings is 1. The predicted octanol–water partition coefficient (Wildman–Crippen LogP) is 1.77. The number of urea groups is 1. The fraction of sp³-hybridized carbons (Fsp3) is 0.500. The molecule has 0 saturated carbocycles. The molecule has 23 heavy (non-hydrogen) atoms. The highest BCUT2D eigenvalue weighted by molar-refractivity contribution is 5.94. The molecule has 0 bridgehead atoms. The third-order valence-electron chi connectivity index (χ3n) is 2.80. The molecule has 0 unspecified atom stereocenters. The Hall–Kier alpha value is -2.12. The molecule has 0 spiro atoms. The minimum absolute atomic E-state index is 0.211. The van der Waals surface area contributed by atoms with E-state index in [1.54, 1.807) is 18.2 Å². The molecule has 0 saturated heterocycles. The number of nitrogens with one attached hydrogen (secondary N) is 2. The molecule has 0 atom stereocenters. The van der Waals surface area contributed by atoms with E-state index in [4.69, 9.17) is 10.2 Å². The van der Waals surface area contributed by atoms with Crippen LogP contribution in [0.5, 0.6) is 0 Å². The summed E-state index contributed by atoms with van der Waals surface area (Å²) >= 11 is 0. The van der Waals surface area contributed by atoms with Gasteiger partial charge in [-0.05, 0) is 37.1 Å². The Morgan fingerprint density at radius 2 is 1.57 bits per heavy atom. The van der Waals surface area contributed by atoms with Crippen LogP contribution >= 0.6 is 0 Å². The first-order valence-electron chi connectivity index (χ1n) is 7.34. The Morgan fingerprint density at radius 1 is 1.09 bits per heavy atom. The average molecular weight is 326 g/mol. The van der Waals surface area contributed by atoms with Gasteiger partial charge >= 0.3 is 12.0 Å². The van der Waals surface area contributed by atoms with Gasteiger partial charge < -0.3 is 25.6 Å². The molecule has 0 aliphatic heterocycles. The van der Waals surface area contributed by atoms with Crippen LogP contribution in [0.1, 0.15) is 38.8 Å². The van der Waals surface area contributed by atoms with Crippen LogP contribution < -0.4 is 10.6 Å². The smallest absolute Gasteiger partial charge is 0.331 e. The number of hydrogen-bond donors (Lipinski definition) is 4. The zero-order valence-electron chi connectivity index (χ0n) is 14.3. The summed E-state index contributed by atoms with van der Waals surface area (Å²) in [5.41, 5.74) is 0.352. The summed E-state index contributed by atoms with van der Waals surface area (Å²) in [6.07, 6.45) is 0. The number of anilines is 1. The molecule has 0 heterocycles. The molecular formula is C16H26N2O5. The quantitative estimate of drug-likeness (QED) is 0.617. The van der Waals surface area contributed by atoms with Crippen molar-refractivity contribution in [3.05, 3.63) is 29.3 Å². The van der Waals surface area contributed by atoms with E-state index in [-0.39, 0.29) is 13.2 Å². The van der Waals surface area contributed by atoms with Crippen LogP contribution in [0.4, 0.5) is 10.5 Å². The van der Waals surface area contributed by atoms with Gasteiger partial charge in [-0.25, -0.2) is 9.59 Å². The Balaban J connectivity index is 0.00000232. The van der Waals surface area contributed by atoms with Gasteiger partial charge in [0.25, 0.3) is 0 Å². The molecular weight excluding hydrogens is 300 g/mol. The molecule has 0 aliphatic carbocycles. The third kappa shape index (κ3) is 6.66. The fourth-order valence-electron chi connectivity index (χ4n) is 1.77. The molecule has 7 heteroatoms. The highest BCUT2D eigenvalue weighted by atomic mass is 16.5. The van der Waals surface area contributed by atoms with E-state index in [9.17, 15) is 9.59 Å². The topological polar surface area (TPSA) is 108 Å². The predicted molar refractivity (Wildman–Crippen MR) is 87.9 cm³/mol. The van der Waals surface area contributed by atoms with Crippen LogP contribution in [0.3, 0.4) is 0 Å². The summed E-state index contributed by atoms with van der Waals surface area (Å²) in [6.45, 7) is 6.61. The molecule has 0 fully saturated rings. The first-order valence-corrected chi connectivity index (χ1v) is 7.34. The summed E-state index contributed by atoms with van der Waals surface area (Å²) < 4.78 is 4.59. The Morgan fingerprint density at radius 3 is 1.96 bits per heavy atom. The lowest BCUT2D eigenvalue weighted by molar-refractivity contribution is -0.146. The molecule has 0 aromatic heterocycles. The third-order valence-corrected chi connectivity index (χ3v) is 2.80. The number of carbonyl (C=O) groups is 2. The molecule has 1 rings (SSSR count). The van der Waals surface area contributed by atoms with Gasteiger partial charge in [-0.3, -0.25) is 0 Å². The second-order valence-electron chi connectivity index (χ2n) is 5.05. The van der Waals surface area contributed by atoms with Crippen LogP contribution in [0.15, 0.2) is 18.2 Å². The number of methoxy groups -OCH3 is 1. The first-order chi connectivity index (χ1) is 10.8. The standard InChI is InChI=1S/C14H20N2O5.C2H6/c1-14(2,12(19)21-3)16-13(20)15-11-5-9(7-17)4-10(6-11)8-18;1-2/h4-6,17-18H,7-8H2,1-3H3,(H2,15,16,20);1-2H3. The molecule has 7 nitrogen and oxygen atoms in total. The minimum atomic E-state index is -1.17. The van der Waals surface area contributed by atoms with Gasteiger partial charge in [-0.15, -0.1) is 0 Å². The zero-order chi connectivity index (χ0) is 18.0. The van der Waals surface area contributed by atoms with Crippen LogP contribution in [0, 0.1) is 0 Å². The summed E-state index contributed by atoms with van der Waals surface area (Å²) in [5, 5.41) is 23.3. The Labute approximate surface area is 136 Å². The van der Waals surface area contributed by atoms with Gasteiger partial charge in [-0.1, -0.05) is 19.9 Å². The number of carbonyl (C=O) groups excluding carboxylic acids is 2.